The Morgan fingerprint density at radius 2 is 2.13 bits per heavy atom. The summed E-state index contributed by atoms with van der Waals surface area (Å²) >= 11 is 0. The fraction of sp³-hybridized carbons (Fsp3) is 0.300. The number of nitrogens with one attached hydrogen (secondary N) is 1. The fourth-order valence-corrected chi connectivity index (χ4v) is 1.47. The summed E-state index contributed by atoms with van der Waals surface area (Å²) in [6, 6.07) is 5.18. The van der Waals surface area contributed by atoms with Crippen LogP contribution >= 0.6 is 0 Å². The van der Waals surface area contributed by atoms with Crippen molar-refractivity contribution in [2.75, 3.05) is 6.61 Å². The van der Waals surface area contributed by atoms with Gasteiger partial charge in [0.05, 0.1) is 18.3 Å². The van der Waals surface area contributed by atoms with E-state index in [1.54, 1.807) is 24.4 Å². The maximum Gasteiger partial charge on any atom is 0.107 e. The Labute approximate surface area is 86.0 Å². The second kappa shape index (κ2) is 3.98. The molecule has 0 aliphatic carbocycles. The van der Waals surface area contributed by atoms with Crippen LogP contribution in [-0.2, 0) is 0 Å². The minimum absolute atomic E-state index is 0.468. The van der Waals surface area contributed by atoms with Crippen molar-refractivity contribution in [1.29, 1.82) is 0 Å². The van der Waals surface area contributed by atoms with Crippen LogP contribution in [-0.4, -0.2) is 38.2 Å². The Hall–Kier alpha value is -1.43. The zero-order valence-electron chi connectivity index (χ0n) is 7.96. The molecule has 0 amide bonds. The quantitative estimate of drug-likeness (QED) is 0.569. The molecule has 2 aromatic rings. The number of aliphatic hydroxyl groups excluding tert-OH is 3. The molecule has 0 aliphatic heterocycles. The normalized spacial score (nSPS) is 15.4. The third kappa shape index (κ3) is 1.85. The average Bonchev–Trinajstić information content (AvgIpc) is 2.73. The van der Waals surface area contributed by atoms with Crippen LogP contribution in [0.2, 0.25) is 0 Å². The van der Waals surface area contributed by atoms with Crippen molar-refractivity contribution < 1.29 is 15.3 Å². The summed E-state index contributed by atoms with van der Waals surface area (Å²) in [6.45, 7) is -0.468. The highest BCUT2D eigenvalue weighted by molar-refractivity contribution is 5.78. The summed E-state index contributed by atoms with van der Waals surface area (Å²) in [6.07, 6.45) is -0.597. The van der Waals surface area contributed by atoms with Crippen molar-refractivity contribution in [3.05, 3.63) is 30.0 Å². The number of aromatic amines is 1. The van der Waals surface area contributed by atoms with E-state index in [-0.39, 0.29) is 0 Å². The summed E-state index contributed by atoms with van der Waals surface area (Å²) in [5, 5.41) is 35.1. The smallest absolute Gasteiger partial charge is 0.107 e. The zero-order chi connectivity index (χ0) is 10.8. The topological polar surface area (TPSA) is 89.4 Å². The van der Waals surface area contributed by atoms with Crippen LogP contribution in [0.25, 0.3) is 10.9 Å². The van der Waals surface area contributed by atoms with E-state index in [0.717, 1.165) is 10.9 Å². The Bertz CT molecular complexity index is 455. The lowest BCUT2D eigenvalue weighted by Crippen LogP contribution is -2.21. The lowest BCUT2D eigenvalue weighted by molar-refractivity contribution is -0.0152. The fourth-order valence-electron chi connectivity index (χ4n) is 1.47. The molecule has 0 saturated carbocycles. The lowest BCUT2D eigenvalue weighted by Gasteiger charge is -2.15. The second-order valence-electron chi connectivity index (χ2n) is 3.41. The largest absolute Gasteiger partial charge is 0.394 e. The SMILES string of the molecule is OCC(O)C(O)c1ccc2[nH]ncc2c1. The third-order valence-corrected chi connectivity index (χ3v) is 2.36. The number of aromatic nitrogens is 2. The van der Waals surface area contributed by atoms with E-state index >= 15 is 0 Å². The van der Waals surface area contributed by atoms with E-state index in [2.05, 4.69) is 10.2 Å². The number of fused-ring (bicyclic) bond motifs is 1. The van der Waals surface area contributed by atoms with Gasteiger partial charge in [0.15, 0.2) is 0 Å². The molecular formula is C10H12N2O3. The van der Waals surface area contributed by atoms with Crippen molar-refractivity contribution in [1.82, 2.24) is 10.2 Å². The van der Waals surface area contributed by atoms with Crippen LogP contribution in [0.5, 0.6) is 0 Å². The van der Waals surface area contributed by atoms with Crippen molar-refractivity contribution in [2.45, 2.75) is 12.2 Å². The van der Waals surface area contributed by atoms with Crippen LogP contribution in [0.4, 0.5) is 0 Å². The molecule has 0 spiro atoms. The number of H-pyrrole nitrogens is 1. The molecule has 0 bridgehead atoms. The molecule has 1 aromatic heterocycles. The van der Waals surface area contributed by atoms with Gasteiger partial charge in [-0.2, -0.15) is 5.10 Å². The average molecular weight is 208 g/mol. The Morgan fingerprint density at radius 1 is 1.33 bits per heavy atom. The monoisotopic (exact) mass is 208 g/mol. The van der Waals surface area contributed by atoms with Gasteiger partial charge in [0.2, 0.25) is 0 Å². The summed E-state index contributed by atoms with van der Waals surface area (Å²) in [5.41, 5.74) is 1.43. The van der Waals surface area contributed by atoms with Gasteiger partial charge in [-0.1, -0.05) is 6.07 Å². The summed E-state index contributed by atoms with van der Waals surface area (Å²) in [7, 11) is 0. The zero-order valence-corrected chi connectivity index (χ0v) is 7.96. The van der Waals surface area contributed by atoms with Crippen molar-refractivity contribution in [3.8, 4) is 0 Å². The number of hydrogen-bond donors (Lipinski definition) is 4. The summed E-state index contributed by atoms with van der Waals surface area (Å²) in [4.78, 5) is 0. The first-order valence-corrected chi connectivity index (χ1v) is 4.62. The number of rotatable bonds is 3. The molecule has 2 rings (SSSR count). The molecule has 1 aromatic carbocycles. The van der Waals surface area contributed by atoms with Crippen LogP contribution in [0.3, 0.4) is 0 Å². The number of nitrogens with zero attached hydrogens (tertiary/aromatic N) is 1. The van der Waals surface area contributed by atoms with E-state index in [1.807, 2.05) is 0 Å². The Balaban J connectivity index is 2.35. The van der Waals surface area contributed by atoms with Gasteiger partial charge in [0.25, 0.3) is 0 Å². The highest BCUT2D eigenvalue weighted by Crippen LogP contribution is 2.21. The highest BCUT2D eigenvalue weighted by Gasteiger charge is 2.17. The van der Waals surface area contributed by atoms with E-state index in [0.29, 0.717) is 5.56 Å². The molecule has 5 heteroatoms. The van der Waals surface area contributed by atoms with Crippen LogP contribution < -0.4 is 0 Å². The molecule has 0 aliphatic rings. The highest BCUT2D eigenvalue weighted by atomic mass is 16.4. The molecule has 80 valence electrons. The lowest BCUT2D eigenvalue weighted by atomic mass is 10.0. The van der Waals surface area contributed by atoms with Gasteiger partial charge in [-0.05, 0) is 17.7 Å². The van der Waals surface area contributed by atoms with Gasteiger partial charge in [0.1, 0.15) is 12.2 Å². The molecule has 0 fully saturated rings. The number of benzene rings is 1. The first-order chi connectivity index (χ1) is 7.22. The van der Waals surface area contributed by atoms with Gasteiger partial charge in [-0.3, -0.25) is 5.10 Å². The van der Waals surface area contributed by atoms with Crippen LogP contribution in [0, 0.1) is 0 Å². The van der Waals surface area contributed by atoms with Gasteiger partial charge in [-0.15, -0.1) is 0 Å². The standard InChI is InChI=1S/C10H12N2O3/c13-5-9(14)10(15)6-1-2-8-7(3-6)4-11-12-8/h1-4,9-10,13-15H,5H2,(H,11,12). The maximum atomic E-state index is 9.65. The van der Waals surface area contributed by atoms with Crippen molar-refractivity contribution in [2.24, 2.45) is 0 Å². The predicted octanol–water partition coefficient (Wildman–Crippen LogP) is -0.0505. The third-order valence-electron chi connectivity index (χ3n) is 2.36. The van der Waals surface area contributed by atoms with E-state index in [9.17, 15) is 10.2 Å². The molecule has 2 unspecified atom stereocenters. The van der Waals surface area contributed by atoms with E-state index in [1.165, 1.54) is 0 Å². The van der Waals surface area contributed by atoms with Gasteiger partial charge < -0.3 is 15.3 Å². The van der Waals surface area contributed by atoms with Gasteiger partial charge >= 0.3 is 0 Å². The molecule has 4 N–H and O–H groups in total. The molecule has 5 nitrogen and oxygen atoms in total. The van der Waals surface area contributed by atoms with Crippen LogP contribution in [0.15, 0.2) is 24.4 Å². The molecule has 15 heavy (non-hydrogen) atoms. The molecule has 2 atom stereocenters. The van der Waals surface area contributed by atoms with Gasteiger partial charge in [-0.25, -0.2) is 0 Å². The van der Waals surface area contributed by atoms with Gasteiger partial charge in [0, 0.05) is 5.39 Å². The minimum atomic E-state index is -1.16. The Kier molecular flexibility index (Phi) is 2.68. The summed E-state index contributed by atoms with van der Waals surface area (Å²) < 4.78 is 0. The summed E-state index contributed by atoms with van der Waals surface area (Å²) in [5.74, 6) is 0. The number of hydrogen-bond acceptors (Lipinski definition) is 4. The van der Waals surface area contributed by atoms with Crippen LogP contribution in [0.1, 0.15) is 11.7 Å². The molecule has 1 heterocycles. The minimum Gasteiger partial charge on any atom is -0.394 e. The molecule has 0 saturated heterocycles. The maximum absolute atomic E-state index is 9.65. The van der Waals surface area contributed by atoms with E-state index < -0.39 is 18.8 Å². The Morgan fingerprint density at radius 3 is 2.87 bits per heavy atom. The first-order valence-electron chi connectivity index (χ1n) is 4.62. The number of aliphatic hydroxyl groups is 3. The first kappa shape index (κ1) is 10.1. The second-order valence-corrected chi connectivity index (χ2v) is 3.41. The molecule has 0 radical (unpaired) electrons. The predicted molar refractivity (Wildman–Crippen MR) is 54.1 cm³/mol. The van der Waals surface area contributed by atoms with E-state index in [4.69, 9.17) is 5.11 Å². The van der Waals surface area contributed by atoms with Crippen molar-refractivity contribution in [3.63, 3.8) is 0 Å². The van der Waals surface area contributed by atoms with Crippen molar-refractivity contribution >= 4 is 10.9 Å². The molecular weight excluding hydrogens is 196 g/mol.